The van der Waals surface area contributed by atoms with Crippen LogP contribution in [0.2, 0.25) is 0 Å². The first kappa shape index (κ1) is 14.4. The first-order valence-corrected chi connectivity index (χ1v) is 7.07. The predicted molar refractivity (Wildman–Crippen MR) is 76.5 cm³/mol. The van der Waals surface area contributed by atoms with Gasteiger partial charge in [-0.3, -0.25) is 13.9 Å². The van der Waals surface area contributed by atoms with Gasteiger partial charge in [0.25, 0.3) is 5.56 Å². The van der Waals surface area contributed by atoms with Crippen LogP contribution >= 0.6 is 15.9 Å². The largest absolute Gasteiger partial charge is 0.394 e. The number of nitrogen functional groups attached to an aromatic ring is 1. The number of imidazole rings is 1. The third-order valence-corrected chi connectivity index (χ3v) is 4.15. The van der Waals surface area contributed by atoms with Gasteiger partial charge >= 0.3 is 0 Å². The summed E-state index contributed by atoms with van der Waals surface area (Å²) in [6, 6.07) is 0. The Morgan fingerprint density at radius 1 is 1.52 bits per heavy atom. The van der Waals surface area contributed by atoms with Gasteiger partial charge in [-0.15, -0.1) is 0 Å². The van der Waals surface area contributed by atoms with Crippen LogP contribution in [0.5, 0.6) is 0 Å². The molecule has 1 aliphatic heterocycles. The van der Waals surface area contributed by atoms with Crippen molar-refractivity contribution in [3.05, 3.63) is 15.1 Å². The van der Waals surface area contributed by atoms with Gasteiger partial charge in [-0.05, 0) is 15.9 Å². The molecule has 21 heavy (non-hydrogen) atoms. The molecular formula is C11H14BrN5O4. The number of aromatic nitrogens is 4. The van der Waals surface area contributed by atoms with Gasteiger partial charge in [0.05, 0.1) is 12.7 Å². The van der Waals surface area contributed by atoms with E-state index in [9.17, 15) is 9.90 Å². The van der Waals surface area contributed by atoms with E-state index in [0.29, 0.717) is 4.73 Å². The van der Waals surface area contributed by atoms with E-state index in [4.69, 9.17) is 15.6 Å². The average Bonchev–Trinajstić information content (AvgIpc) is 2.96. The van der Waals surface area contributed by atoms with Crippen molar-refractivity contribution in [1.82, 2.24) is 19.1 Å². The molecule has 1 saturated heterocycles. The Balaban J connectivity index is 2.16. The fraction of sp³-hybridized carbons (Fsp3) is 0.545. The van der Waals surface area contributed by atoms with Gasteiger partial charge in [0.15, 0.2) is 15.9 Å². The van der Waals surface area contributed by atoms with E-state index in [2.05, 4.69) is 25.9 Å². The van der Waals surface area contributed by atoms with Gasteiger partial charge in [0, 0.05) is 13.5 Å². The molecule has 0 saturated carbocycles. The first-order chi connectivity index (χ1) is 9.93. The molecular weight excluding hydrogens is 346 g/mol. The molecule has 3 heterocycles. The van der Waals surface area contributed by atoms with Crippen molar-refractivity contribution in [2.24, 2.45) is 7.05 Å². The van der Waals surface area contributed by atoms with E-state index >= 15 is 0 Å². The minimum atomic E-state index is -0.798. The topological polar surface area (TPSA) is 128 Å². The number of aliphatic hydroxyl groups is 2. The van der Waals surface area contributed by atoms with Crippen molar-refractivity contribution < 1.29 is 14.9 Å². The molecule has 4 N–H and O–H groups in total. The highest BCUT2D eigenvalue weighted by atomic mass is 79.9. The lowest BCUT2D eigenvalue weighted by molar-refractivity contribution is -0.0439. The molecule has 9 nitrogen and oxygen atoms in total. The normalized spacial score (nSPS) is 25.8. The highest BCUT2D eigenvalue weighted by Crippen LogP contribution is 2.33. The van der Waals surface area contributed by atoms with E-state index in [0.717, 1.165) is 0 Å². The van der Waals surface area contributed by atoms with Gasteiger partial charge in [0.2, 0.25) is 5.95 Å². The molecule has 0 radical (unpaired) electrons. The maximum Gasteiger partial charge on any atom is 0.282 e. The highest BCUT2D eigenvalue weighted by molar-refractivity contribution is 9.10. The summed E-state index contributed by atoms with van der Waals surface area (Å²) < 4.78 is 8.67. The molecule has 0 bridgehead atoms. The molecule has 0 unspecified atom stereocenters. The second-order valence-electron chi connectivity index (χ2n) is 4.87. The quantitative estimate of drug-likeness (QED) is 0.593. The number of fused-ring (bicyclic) bond motifs is 1. The third kappa shape index (κ3) is 2.14. The Kier molecular flexibility index (Phi) is 3.48. The monoisotopic (exact) mass is 359 g/mol. The zero-order chi connectivity index (χ0) is 15.3. The summed E-state index contributed by atoms with van der Waals surface area (Å²) >= 11 is 3.26. The molecule has 1 fully saturated rings. The number of anilines is 1. The van der Waals surface area contributed by atoms with E-state index in [1.807, 2.05) is 0 Å². The minimum Gasteiger partial charge on any atom is -0.394 e. The fourth-order valence-electron chi connectivity index (χ4n) is 2.39. The van der Waals surface area contributed by atoms with Gasteiger partial charge in [-0.1, -0.05) is 0 Å². The number of nitrogens with two attached hydrogens (primary N) is 1. The maximum absolute atomic E-state index is 12.1. The highest BCUT2D eigenvalue weighted by Gasteiger charge is 2.36. The minimum absolute atomic E-state index is 0.0541. The Morgan fingerprint density at radius 2 is 2.24 bits per heavy atom. The zero-order valence-corrected chi connectivity index (χ0v) is 12.7. The molecule has 10 heteroatoms. The van der Waals surface area contributed by atoms with Crippen LogP contribution in [0.15, 0.2) is 9.53 Å². The smallest absolute Gasteiger partial charge is 0.282 e. The number of ether oxygens (including phenoxy) is 1. The summed E-state index contributed by atoms with van der Waals surface area (Å²) in [5.41, 5.74) is 5.78. The second kappa shape index (κ2) is 5.05. The van der Waals surface area contributed by atoms with Crippen LogP contribution in [-0.4, -0.2) is 48.1 Å². The summed E-state index contributed by atoms with van der Waals surface area (Å²) in [4.78, 5) is 20.4. The van der Waals surface area contributed by atoms with Crippen molar-refractivity contribution in [1.29, 1.82) is 0 Å². The Hall–Kier alpha value is -1.49. The first-order valence-electron chi connectivity index (χ1n) is 6.28. The molecule has 1 aliphatic rings. The molecule has 0 amide bonds. The van der Waals surface area contributed by atoms with E-state index in [1.54, 1.807) is 4.57 Å². The SMILES string of the molecule is Cn1c(N)nc2c(nc(Br)n2[C@H]2C[C@H](O)[C@@H](CO)O2)c1=O. The van der Waals surface area contributed by atoms with Crippen molar-refractivity contribution in [3.63, 3.8) is 0 Å². The van der Waals surface area contributed by atoms with Crippen molar-refractivity contribution in [2.45, 2.75) is 24.9 Å². The molecule has 0 aliphatic carbocycles. The average molecular weight is 360 g/mol. The number of nitrogens with zero attached hydrogens (tertiary/aromatic N) is 4. The maximum atomic E-state index is 12.1. The van der Waals surface area contributed by atoms with Gasteiger partial charge in [-0.25, -0.2) is 4.98 Å². The van der Waals surface area contributed by atoms with Crippen LogP contribution in [0.25, 0.3) is 11.2 Å². The fourth-order valence-corrected chi connectivity index (χ4v) is 2.96. The van der Waals surface area contributed by atoms with Crippen molar-refractivity contribution >= 4 is 33.0 Å². The third-order valence-electron chi connectivity index (χ3n) is 3.59. The molecule has 0 aromatic carbocycles. The van der Waals surface area contributed by atoms with Crippen LogP contribution in [0.1, 0.15) is 12.6 Å². The number of aliphatic hydroxyl groups excluding tert-OH is 2. The lowest BCUT2D eigenvalue weighted by Gasteiger charge is -2.15. The van der Waals surface area contributed by atoms with E-state index in [-0.39, 0.29) is 35.7 Å². The van der Waals surface area contributed by atoms with Crippen molar-refractivity contribution in [3.8, 4) is 0 Å². The molecule has 3 rings (SSSR count). The number of hydrogen-bond acceptors (Lipinski definition) is 7. The number of hydrogen-bond donors (Lipinski definition) is 3. The summed E-state index contributed by atoms with van der Waals surface area (Å²) in [5.74, 6) is 0.0541. The van der Waals surface area contributed by atoms with Crippen molar-refractivity contribution in [2.75, 3.05) is 12.3 Å². The lowest BCUT2D eigenvalue weighted by atomic mass is 10.2. The van der Waals surface area contributed by atoms with Crippen LogP contribution in [0.3, 0.4) is 0 Å². The van der Waals surface area contributed by atoms with Gasteiger partial charge in [-0.2, -0.15) is 4.98 Å². The summed E-state index contributed by atoms with van der Waals surface area (Å²) in [6.07, 6.45) is -1.81. The zero-order valence-electron chi connectivity index (χ0n) is 11.1. The van der Waals surface area contributed by atoms with E-state index in [1.165, 1.54) is 11.6 Å². The molecule has 3 atom stereocenters. The summed E-state index contributed by atoms with van der Waals surface area (Å²) in [6.45, 7) is -0.292. The second-order valence-corrected chi connectivity index (χ2v) is 5.58. The van der Waals surface area contributed by atoms with Crippen LogP contribution in [0.4, 0.5) is 5.95 Å². The Bertz CT molecular complexity index is 757. The molecule has 114 valence electrons. The Morgan fingerprint density at radius 3 is 2.86 bits per heavy atom. The molecule has 2 aromatic rings. The summed E-state index contributed by atoms with van der Waals surface area (Å²) in [5, 5.41) is 19.0. The molecule has 0 spiro atoms. The van der Waals surface area contributed by atoms with Gasteiger partial charge < -0.3 is 20.7 Å². The number of halogens is 1. The Labute approximate surface area is 127 Å². The standard InChI is InChI=1S/C11H14BrN5O4/c1-16-9(20)7-8(15-11(16)13)17(10(12)14-7)6-2-4(19)5(3-18)21-6/h4-6,18-19H,2-3H2,1H3,(H2,13,15)/t4-,5+,6+/m0/s1. The van der Waals surface area contributed by atoms with Crippen LogP contribution < -0.4 is 11.3 Å². The predicted octanol–water partition coefficient (Wildman–Crippen LogP) is -0.885. The van der Waals surface area contributed by atoms with E-state index < -0.39 is 18.4 Å². The molecule has 2 aromatic heterocycles. The lowest BCUT2D eigenvalue weighted by Crippen LogP contribution is -2.24. The van der Waals surface area contributed by atoms with Crippen LogP contribution in [0, 0.1) is 0 Å². The van der Waals surface area contributed by atoms with Crippen LogP contribution in [-0.2, 0) is 11.8 Å². The summed E-state index contributed by atoms with van der Waals surface area (Å²) in [7, 11) is 1.51. The number of rotatable bonds is 2. The van der Waals surface area contributed by atoms with Gasteiger partial charge in [0.1, 0.15) is 12.3 Å².